The quantitative estimate of drug-likeness (QED) is 0.703. The van der Waals surface area contributed by atoms with Crippen LogP contribution in [0.25, 0.3) is 0 Å². The van der Waals surface area contributed by atoms with Crippen molar-refractivity contribution in [3.8, 4) is 0 Å². The van der Waals surface area contributed by atoms with E-state index in [1.54, 1.807) is 0 Å². The highest BCUT2D eigenvalue weighted by molar-refractivity contribution is 5.43. The van der Waals surface area contributed by atoms with E-state index in [0.29, 0.717) is 5.41 Å². The molecule has 92 valence electrons. The third kappa shape index (κ3) is 1.77. The van der Waals surface area contributed by atoms with E-state index in [0.717, 1.165) is 0 Å². The van der Waals surface area contributed by atoms with Gasteiger partial charge in [0, 0.05) is 5.41 Å². The van der Waals surface area contributed by atoms with Crippen molar-refractivity contribution in [1.82, 2.24) is 0 Å². The van der Waals surface area contributed by atoms with Crippen LogP contribution in [-0.4, -0.2) is 0 Å². The first-order valence-electron chi connectivity index (χ1n) is 6.74. The molecule has 0 heterocycles. The highest BCUT2D eigenvalue weighted by atomic mass is 14.5. The standard InChI is InChI=1S/C18H20/c1-17(2)13-18(14-17,15-9-5-3-6-10-15)16-11-7-4-8-12-16/h3-12H,13-14H2,1-2H3. The van der Waals surface area contributed by atoms with E-state index in [9.17, 15) is 0 Å². The number of hydrogen-bond acceptors (Lipinski definition) is 0. The third-order valence-electron chi connectivity index (χ3n) is 4.21. The smallest absolute Gasteiger partial charge is 0.0213 e. The van der Waals surface area contributed by atoms with E-state index < -0.39 is 0 Å². The second kappa shape index (κ2) is 3.98. The Kier molecular flexibility index (Phi) is 2.55. The summed E-state index contributed by atoms with van der Waals surface area (Å²) >= 11 is 0. The second-order valence-corrected chi connectivity index (χ2v) is 6.33. The largest absolute Gasteiger partial charge is 0.0622 e. The molecule has 0 aromatic heterocycles. The minimum absolute atomic E-state index is 0.242. The molecule has 0 heteroatoms. The summed E-state index contributed by atoms with van der Waals surface area (Å²) in [5.74, 6) is 0. The monoisotopic (exact) mass is 236 g/mol. The van der Waals surface area contributed by atoms with Crippen LogP contribution in [-0.2, 0) is 5.41 Å². The fourth-order valence-electron chi connectivity index (χ4n) is 3.67. The minimum Gasteiger partial charge on any atom is -0.0622 e. The molecule has 0 radical (unpaired) electrons. The number of rotatable bonds is 2. The van der Waals surface area contributed by atoms with Crippen molar-refractivity contribution < 1.29 is 0 Å². The lowest BCUT2D eigenvalue weighted by atomic mass is 9.49. The van der Waals surface area contributed by atoms with Crippen LogP contribution in [0.2, 0.25) is 0 Å². The van der Waals surface area contributed by atoms with Gasteiger partial charge < -0.3 is 0 Å². The fraction of sp³-hybridized carbons (Fsp3) is 0.333. The highest BCUT2D eigenvalue weighted by Gasteiger charge is 2.50. The Bertz CT molecular complexity index is 473. The molecule has 0 atom stereocenters. The van der Waals surface area contributed by atoms with E-state index in [-0.39, 0.29) is 5.41 Å². The van der Waals surface area contributed by atoms with Gasteiger partial charge in [-0.2, -0.15) is 0 Å². The highest BCUT2D eigenvalue weighted by Crippen LogP contribution is 2.58. The van der Waals surface area contributed by atoms with Gasteiger partial charge in [0.1, 0.15) is 0 Å². The first-order chi connectivity index (χ1) is 8.62. The van der Waals surface area contributed by atoms with Crippen molar-refractivity contribution in [2.24, 2.45) is 5.41 Å². The molecule has 18 heavy (non-hydrogen) atoms. The normalized spacial score (nSPS) is 20.1. The molecule has 1 aliphatic carbocycles. The average molecular weight is 236 g/mol. The van der Waals surface area contributed by atoms with Gasteiger partial charge in [-0.1, -0.05) is 74.5 Å². The zero-order valence-electron chi connectivity index (χ0n) is 11.2. The summed E-state index contributed by atoms with van der Waals surface area (Å²) in [6.45, 7) is 4.74. The molecule has 0 saturated heterocycles. The van der Waals surface area contributed by atoms with Crippen molar-refractivity contribution in [2.75, 3.05) is 0 Å². The van der Waals surface area contributed by atoms with Gasteiger partial charge >= 0.3 is 0 Å². The maximum absolute atomic E-state index is 2.37. The predicted molar refractivity (Wildman–Crippen MR) is 76.7 cm³/mol. The second-order valence-electron chi connectivity index (χ2n) is 6.33. The van der Waals surface area contributed by atoms with Crippen LogP contribution in [0.5, 0.6) is 0 Å². The summed E-state index contributed by atoms with van der Waals surface area (Å²) in [6, 6.07) is 22.0. The van der Waals surface area contributed by atoms with Crippen LogP contribution < -0.4 is 0 Å². The van der Waals surface area contributed by atoms with E-state index in [1.165, 1.54) is 24.0 Å². The molecule has 3 rings (SSSR count). The molecule has 0 unspecified atom stereocenters. The molecule has 1 fully saturated rings. The number of hydrogen-bond donors (Lipinski definition) is 0. The Morgan fingerprint density at radius 3 is 1.39 bits per heavy atom. The average Bonchev–Trinajstić information content (AvgIpc) is 2.37. The zero-order valence-corrected chi connectivity index (χ0v) is 11.2. The van der Waals surface area contributed by atoms with Gasteiger partial charge in [0.15, 0.2) is 0 Å². The van der Waals surface area contributed by atoms with Gasteiger partial charge in [-0.05, 0) is 29.4 Å². The van der Waals surface area contributed by atoms with E-state index in [1.807, 2.05) is 0 Å². The molecule has 0 bridgehead atoms. The van der Waals surface area contributed by atoms with Crippen molar-refractivity contribution in [2.45, 2.75) is 32.1 Å². The zero-order chi connectivity index (χ0) is 12.6. The van der Waals surface area contributed by atoms with Gasteiger partial charge in [-0.25, -0.2) is 0 Å². The Morgan fingerprint density at radius 1 is 0.667 bits per heavy atom. The summed E-state index contributed by atoms with van der Waals surface area (Å²) in [5.41, 5.74) is 3.64. The fourth-order valence-corrected chi connectivity index (χ4v) is 3.67. The topological polar surface area (TPSA) is 0 Å². The molecule has 1 saturated carbocycles. The minimum atomic E-state index is 0.242. The maximum Gasteiger partial charge on any atom is 0.0213 e. The molecule has 0 amide bonds. The molecule has 2 aromatic carbocycles. The van der Waals surface area contributed by atoms with Gasteiger partial charge in [-0.3, -0.25) is 0 Å². The Morgan fingerprint density at radius 2 is 1.06 bits per heavy atom. The van der Waals surface area contributed by atoms with Crippen LogP contribution in [0.4, 0.5) is 0 Å². The first-order valence-corrected chi connectivity index (χ1v) is 6.74. The van der Waals surface area contributed by atoms with E-state index in [4.69, 9.17) is 0 Å². The van der Waals surface area contributed by atoms with Crippen LogP contribution in [0.15, 0.2) is 60.7 Å². The van der Waals surface area contributed by atoms with Crippen LogP contribution in [0.3, 0.4) is 0 Å². The van der Waals surface area contributed by atoms with Gasteiger partial charge in [0.25, 0.3) is 0 Å². The molecular formula is C18H20. The summed E-state index contributed by atoms with van der Waals surface area (Å²) in [6.07, 6.45) is 2.49. The van der Waals surface area contributed by atoms with Crippen molar-refractivity contribution in [3.63, 3.8) is 0 Å². The van der Waals surface area contributed by atoms with Crippen LogP contribution >= 0.6 is 0 Å². The molecular weight excluding hydrogens is 216 g/mol. The van der Waals surface area contributed by atoms with Gasteiger partial charge in [-0.15, -0.1) is 0 Å². The predicted octanol–water partition coefficient (Wildman–Crippen LogP) is 4.79. The summed E-state index contributed by atoms with van der Waals surface area (Å²) < 4.78 is 0. The van der Waals surface area contributed by atoms with Gasteiger partial charge in [0.2, 0.25) is 0 Å². The third-order valence-corrected chi connectivity index (χ3v) is 4.21. The summed E-state index contributed by atoms with van der Waals surface area (Å²) in [5, 5.41) is 0. The molecule has 0 aliphatic heterocycles. The first kappa shape index (κ1) is 11.5. The van der Waals surface area contributed by atoms with Crippen molar-refractivity contribution >= 4 is 0 Å². The lowest BCUT2D eigenvalue weighted by molar-refractivity contribution is 0.0882. The lowest BCUT2D eigenvalue weighted by Gasteiger charge is -2.54. The van der Waals surface area contributed by atoms with E-state index >= 15 is 0 Å². The van der Waals surface area contributed by atoms with Crippen molar-refractivity contribution in [3.05, 3.63) is 71.8 Å². The van der Waals surface area contributed by atoms with Crippen LogP contribution in [0.1, 0.15) is 37.8 Å². The molecule has 1 aliphatic rings. The Labute approximate surface area is 110 Å². The summed E-state index contributed by atoms with van der Waals surface area (Å²) in [7, 11) is 0. The summed E-state index contributed by atoms with van der Waals surface area (Å²) in [4.78, 5) is 0. The Balaban J connectivity index is 2.07. The molecule has 0 spiro atoms. The Hall–Kier alpha value is -1.56. The number of benzene rings is 2. The maximum atomic E-state index is 2.37. The lowest BCUT2D eigenvalue weighted by Crippen LogP contribution is -2.47. The molecule has 0 N–H and O–H groups in total. The molecule has 0 nitrogen and oxygen atoms in total. The van der Waals surface area contributed by atoms with Crippen molar-refractivity contribution in [1.29, 1.82) is 0 Å². The van der Waals surface area contributed by atoms with E-state index in [2.05, 4.69) is 74.5 Å². The van der Waals surface area contributed by atoms with Gasteiger partial charge in [0.05, 0.1) is 0 Å². The molecule has 2 aromatic rings. The van der Waals surface area contributed by atoms with Crippen LogP contribution in [0, 0.1) is 5.41 Å². The SMILES string of the molecule is CC1(C)CC(c2ccccc2)(c2ccccc2)C1.